The van der Waals surface area contributed by atoms with E-state index in [2.05, 4.69) is 31.5 Å². The van der Waals surface area contributed by atoms with Gasteiger partial charge >= 0.3 is 0 Å². The minimum absolute atomic E-state index is 0.451. The molecule has 1 aromatic heterocycles. The number of imidazole rings is 1. The van der Waals surface area contributed by atoms with E-state index in [0.29, 0.717) is 12.5 Å². The average molecular weight is 279 g/mol. The number of rotatable bonds is 3. The number of carbonyl (C=O) groups is 1. The molecule has 1 aliphatic rings. The molecule has 1 fully saturated rings. The Labute approximate surface area is 102 Å². The minimum Gasteiger partial charge on any atom is -0.327 e. The summed E-state index contributed by atoms with van der Waals surface area (Å²) >= 11 is 3.47. The number of nitrogens with zero attached hydrogens (tertiary/aromatic N) is 2. The Bertz CT molecular complexity index is 557. The van der Waals surface area contributed by atoms with E-state index >= 15 is 0 Å². The van der Waals surface area contributed by atoms with Gasteiger partial charge in [-0.25, -0.2) is 4.98 Å². The Morgan fingerprint density at radius 1 is 1.50 bits per heavy atom. The minimum atomic E-state index is 0.451. The first-order valence-corrected chi connectivity index (χ1v) is 6.17. The van der Waals surface area contributed by atoms with Gasteiger partial charge in [0, 0.05) is 16.9 Å². The van der Waals surface area contributed by atoms with Gasteiger partial charge in [-0.05, 0) is 30.5 Å². The highest BCUT2D eigenvalue weighted by Gasteiger charge is 2.25. The van der Waals surface area contributed by atoms with Gasteiger partial charge in [-0.1, -0.05) is 15.9 Å². The zero-order chi connectivity index (χ0) is 11.1. The number of aromatic nitrogens is 2. The Hall–Kier alpha value is -1.16. The zero-order valence-corrected chi connectivity index (χ0v) is 10.3. The molecule has 1 aromatic carbocycles. The second-order valence-corrected chi connectivity index (χ2v) is 5.04. The zero-order valence-electron chi connectivity index (χ0n) is 8.69. The van der Waals surface area contributed by atoms with Crippen LogP contribution in [0.5, 0.6) is 0 Å². The normalized spacial score (nSPS) is 15.6. The lowest BCUT2D eigenvalue weighted by Gasteiger charge is -2.04. The molecular formula is C12H11BrN2O. The van der Waals surface area contributed by atoms with Crippen LogP contribution in [0, 0.1) is 0 Å². The van der Waals surface area contributed by atoms with Gasteiger partial charge in [-0.15, -0.1) is 0 Å². The van der Waals surface area contributed by atoms with Crippen molar-refractivity contribution in [1.29, 1.82) is 0 Å². The number of halogens is 1. The summed E-state index contributed by atoms with van der Waals surface area (Å²) in [5.41, 5.74) is 3.17. The van der Waals surface area contributed by atoms with Gasteiger partial charge in [0.2, 0.25) is 0 Å². The molecule has 0 saturated heterocycles. The van der Waals surface area contributed by atoms with Gasteiger partial charge in [0.05, 0.1) is 17.4 Å². The average Bonchev–Trinajstić information content (AvgIpc) is 3.02. The Balaban J connectivity index is 2.18. The van der Waals surface area contributed by atoms with E-state index in [-0.39, 0.29) is 0 Å². The first-order valence-electron chi connectivity index (χ1n) is 5.38. The predicted octanol–water partition coefficient (Wildman–Crippen LogP) is 2.88. The van der Waals surface area contributed by atoms with E-state index in [1.807, 2.05) is 12.4 Å². The van der Waals surface area contributed by atoms with Crippen molar-refractivity contribution in [1.82, 2.24) is 9.55 Å². The highest BCUT2D eigenvalue weighted by molar-refractivity contribution is 9.10. The summed E-state index contributed by atoms with van der Waals surface area (Å²) in [6, 6.07) is 4.68. The van der Waals surface area contributed by atoms with Crippen molar-refractivity contribution < 1.29 is 4.79 Å². The van der Waals surface area contributed by atoms with E-state index in [4.69, 9.17) is 0 Å². The van der Waals surface area contributed by atoms with Crippen molar-refractivity contribution in [3.05, 3.63) is 28.5 Å². The van der Waals surface area contributed by atoms with Crippen molar-refractivity contribution in [2.24, 2.45) is 0 Å². The van der Waals surface area contributed by atoms with Gasteiger partial charge in [0.15, 0.2) is 0 Å². The van der Waals surface area contributed by atoms with Gasteiger partial charge in [-0.3, -0.25) is 0 Å². The molecule has 82 valence electrons. The highest BCUT2D eigenvalue weighted by Crippen LogP contribution is 2.37. The standard InChI is InChI=1S/C12H11BrN2O/c13-10-6-11-12(5-8(10)3-4-16)15(7-14-11)9-1-2-9/h4-7,9H,1-3H2. The monoisotopic (exact) mass is 278 g/mol. The van der Waals surface area contributed by atoms with Crippen LogP contribution in [0.25, 0.3) is 11.0 Å². The van der Waals surface area contributed by atoms with Crippen LogP contribution in [0.4, 0.5) is 0 Å². The molecule has 3 nitrogen and oxygen atoms in total. The summed E-state index contributed by atoms with van der Waals surface area (Å²) in [7, 11) is 0. The van der Waals surface area contributed by atoms with Crippen LogP contribution in [-0.2, 0) is 11.2 Å². The Morgan fingerprint density at radius 2 is 2.31 bits per heavy atom. The summed E-state index contributed by atoms with van der Waals surface area (Å²) < 4.78 is 3.18. The molecule has 0 unspecified atom stereocenters. The maximum atomic E-state index is 10.6. The number of hydrogen-bond acceptors (Lipinski definition) is 2. The molecule has 0 radical (unpaired) electrons. The third kappa shape index (κ3) is 1.57. The van der Waals surface area contributed by atoms with Crippen LogP contribution in [0.3, 0.4) is 0 Å². The predicted molar refractivity (Wildman–Crippen MR) is 65.5 cm³/mol. The lowest BCUT2D eigenvalue weighted by Crippen LogP contribution is -1.93. The summed E-state index contributed by atoms with van der Waals surface area (Å²) in [6.07, 6.45) is 5.77. The molecule has 0 amide bonds. The highest BCUT2D eigenvalue weighted by atomic mass is 79.9. The number of fused-ring (bicyclic) bond motifs is 1. The van der Waals surface area contributed by atoms with Crippen molar-refractivity contribution in [2.45, 2.75) is 25.3 Å². The van der Waals surface area contributed by atoms with Gasteiger partial charge in [0.25, 0.3) is 0 Å². The number of hydrogen-bond donors (Lipinski definition) is 0. The molecule has 4 heteroatoms. The Morgan fingerprint density at radius 3 is 3.00 bits per heavy atom. The molecule has 16 heavy (non-hydrogen) atoms. The Kier molecular flexibility index (Phi) is 2.32. The molecule has 1 aliphatic carbocycles. The fourth-order valence-corrected chi connectivity index (χ4v) is 2.47. The molecule has 0 N–H and O–H groups in total. The van der Waals surface area contributed by atoms with Crippen LogP contribution >= 0.6 is 15.9 Å². The van der Waals surface area contributed by atoms with Crippen LogP contribution in [-0.4, -0.2) is 15.8 Å². The van der Waals surface area contributed by atoms with E-state index in [1.165, 1.54) is 12.8 Å². The molecule has 3 rings (SSSR count). The maximum absolute atomic E-state index is 10.6. The third-order valence-electron chi connectivity index (χ3n) is 2.99. The van der Waals surface area contributed by atoms with E-state index in [9.17, 15) is 4.79 Å². The number of carbonyl (C=O) groups excluding carboxylic acids is 1. The van der Waals surface area contributed by atoms with Crippen LogP contribution in [0.2, 0.25) is 0 Å². The lowest BCUT2D eigenvalue weighted by atomic mass is 10.1. The molecule has 0 atom stereocenters. The van der Waals surface area contributed by atoms with Crippen molar-refractivity contribution in [2.75, 3.05) is 0 Å². The summed E-state index contributed by atoms with van der Waals surface area (Å²) in [5.74, 6) is 0. The summed E-state index contributed by atoms with van der Waals surface area (Å²) in [4.78, 5) is 15.0. The van der Waals surface area contributed by atoms with Gasteiger partial charge in [0.1, 0.15) is 6.29 Å². The third-order valence-corrected chi connectivity index (χ3v) is 3.72. The first-order chi connectivity index (χ1) is 7.79. The van der Waals surface area contributed by atoms with Crippen LogP contribution in [0.15, 0.2) is 22.9 Å². The van der Waals surface area contributed by atoms with Crippen molar-refractivity contribution in [3.63, 3.8) is 0 Å². The fourth-order valence-electron chi connectivity index (χ4n) is 1.98. The molecular weight excluding hydrogens is 268 g/mol. The second kappa shape index (κ2) is 3.70. The second-order valence-electron chi connectivity index (χ2n) is 4.19. The first kappa shape index (κ1) is 10.0. The summed E-state index contributed by atoms with van der Waals surface area (Å²) in [5, 5.41) is 0. The van der Waals surface area contributed by atoms with Gasteiger partial charge < -0.3 is 9.36 Å². The molecule has 2 aromatic rings. The molecule has 1 saturated carbocycles. The van der Waals surface area contributed by atoms with Crippen molar-refractivity contribution >= 4 is 33.2 Å². The smallest absolute Gasteiger partial charge is 0.124 e. The topological polar surface area (TPSA) is 34.9 Å². The lowest BCUT2D eigenvalue weighted by molar-refractivity contribution is -0.107. The number of aldehydes is 1. The van der Waals surface area contributed by atoms with Crippen LogP contribution in [0.1, 0.15) is 24.4 Å². The maximum Gasteiger partial charge on any atom is 0.124 e. The molecule has 0 bridgehead atoms. The van der Waals surface area contributed by atoms with E-state index in [1.54, 1.807) is 0 Å². The van der Waals surface area contributed by atoms with E-state index in [0.717, 1.165) is 27.4 Å². The largest absolute Gasteiger partial charge is 0.327 e. The quantitative estimate of drug-likeness (QED) is 0.810. The molecule has 0 aliphatic heterocycles. The van der Waals surface area contributed by atoms with Gasteiger partial charge in [-0.2, -0.15) is 0 Å². The molecule has 0 spiro atoms. The van der Waals surface area contributed by atoms with Crippen LogP contribution < -0.4 is 0 Å². The molecule has 1 heterocycles. The number of benzene rings is 1. The summed E-state index contributed by atoms with van der Waals surface area (Å²) in [6.45, 7) is 0. The van der Waals surface area contributed by atoms with Crippen molar-refractivity contribution in [3.8, 4) is 0 Å². The SMILES string of the molecule is O=CCc1cc2c(cc1Br)ncn2C1CC1. The fraction of sp³-hybridized carbons (Fsp3) is 0.333. The van der Waals surface area contributed by atoms with E-state index < -0.39 is 0 Å².